The fraction of sp³-hybridized carbons (Fsp3) is 0.500. The summed E-state index contributed by atoms with van der Waals surface area (Å²) in [5.41, 5.74) is 2.34. The average molecular weight is 416 g/mol. The minimum Gasteiger partial charge on any atom is -0.493 e. The van der Waals surface area contributed by atoms with E-state index in [1.165, 1.54) is 5.57 Å². The van der Waals surface area contributed by atoms with E-state index in [1.54, 1.807) is 12.2 Å². The van der Waals surface area contributed by atoms with Gasteiger partial charge in [-0.3, -0.25) is 0 Å². The van der Waals surface area contributed by atoms with Crippen molar-refractivity contribution in [1.82, 2.24) is 5.32 Å². The number of unbranched alkanes of at least 4 members (excludes halogenated alkanes) is 1. The molecule has 2 N–H and O–H groups in total. The Bertz CT molecular complexity index is 833. The molecule has 1 aromatic rings. The summed E-state index contributed by atoms with van der Waals surface area (Å²) < 4.78 is 31.0. The first kappa shape index (κ1) is 20.9. The van der Waals surface area contributed by atoms with Gasteiger partial charge in [0.15, 0.2) is 11.5 Å². The van der Waals surface area contributed by atoms with Crippen LogP contribution in [0.3, 0.4) is 0 Å². The second-order valence-corrected chi connectivity index (χ2v) is 8.06. The van der Waals surface area contributed by atoms with Gasteiger partial charge in [-0.1, -0.05) is 17.7 Å². The van der Waals surface area contributed by atoms with Crippen LogP contribution in [-0.2, 0) is 6.42 Å². The Hall–Kier alpha value is -2.31. The van der Waals surface area contributed by atoms with Gasteiger partial charge in [0.2, 0.25) is 6.79 Å². The minimum absolute atomic E-state index is 0.189. The van der Waals surface area contributed by atoms with Crippen LogP contribution in [-0.4, -0.2) is 38.2 Å². The Morgan fingerprint density at radius 2 is 2.03 bits per heavy atom. The molecule has 3 aliphatic rings. The van der Waals surface area contributed by atoms with E-state index in [4.69, 9.17) is 19.3 Å². The molecule has 1 aliphatic carbocycles. The van der Waals surface area contributed by atoms with Crippen molar-refractivity contribution in [2.75, 3.05) is 33.1 Å². The molecule has 162 valence electrons. The Kier molecular flexibility index (Phi) is 7.07. The molecule has 5 nitrogen and oxygen atoms in total. The van der Waals surface area contributed by atoms with Gasteiger partial charge in [-0.25, -0.2) is 4.39 Å². The van der Waals surface area contributed by atoms with Crippen molar-refractivity contribution in [3.63, 3.8) is 0 Å². The molecule has 6 heteroatoms. The monoisotopic (exact) mass is 415 g/mol. The Labute approximate surface area is 177 Å². The van der Waals surface area contributed by atoms with E-state index in [0.717, 1.165) is 62.3 Å². The van der Waals surface area contributed by atoms with Crippen LogP contribution in [0.25, 0.3) is 0 Å². The maximum absolute atomic E-state index is 13.6. The number of ether oxygens (including phenoxy) is 3. The van der Waals surface area contributed by atoms with Crippen LogP contribution < -0.4 is 19.5 Å². The topological polar surface area (TPSA) is 60.0 Å². The quantitative estimate of drug-likeness (QED) is 0.627. The second-order valence-electron chi connectivity index (χ2n) is 8.06. The van der Waals surface area contributed by atoms with E-state index in [1.807, 2.05) is 24.3 Å². The van der Waals surface area contributed by atoms with Crippen LogP contribution in [0.1, 0.15) is 31.2 Å². The van der Waals surface area contributed by atoms with Crippen molar-refractivity contribution < 1.29 is 23.7 Å². The standard InChI is InChI=1S/C24H30FNO4/c25-20-6-3-5-17(7-8-20)21-9-10-26-14-19(21)15-28-22-13-24-23(29-16-30-24)12-18(22)4-1-2-11-27/h3,6-8,12-13,19,21,26-27H,1-2,4-5,9-11,14-16H2/t19-,21-/m0/s1. The highest BCUT2D eigenvalue weighted by molar-refractivity contribution is 5.52. The Morgan fingerprint density at radius 1 is 1.17 bits per heavy atom. The number of aliphatic hydroxyl groups excluding tert-OH is 1. The number of halogens is 1. The van der Waals surface area contributed by atoms with Gasteiger partial charge >= 0.3 is 0 Å². The molecule has 0 radical (unpaired) electrons. The highest BCUT2D eigenvalue weighted by atomic mass is 19.1. The molecule has 30 heavy (non-hydrogen) atoms. The summed E-state index contributed by atoms with van der Waals surface area (Å²) in [6.45, 7) is 2.84. The largest absolute Gasteiger partial charge is 0.493 e. The molecule has 2 heterocycles. The van der Waals surface area contributed by atoms with E-state index < -0.39 is 0 Å². The lowest BCUT2D eigenvalue weighted by atomic mass is 9.80. The third-order valence-electron chi connectivity index (χ3n) is 6.03. The van der Waals surface area contributed by atoms with Gasteiger partial charge in [0.25, 0.3) is 0 Å². The predicted molar refractivity (Wildman–Crippen MR) is 114 cm³/mol. The molecule has 1 aromatic carbocycles. The van der Waals surface area contributed by atoms with Gasteiger partial charge < -0.3 is 24.6 Å². The molecule has 1 fully saturated rings. The van der Waals surface area contributed by atoms with Gasteiger partial charge in [-0.2, -0.15) is 0 Å². The van der Waals surface area contributed by atoms with Crippen molar-refractivity contribution in [1.29, 1.82) is 0 Å². The maximum Gasteiger partial charge on any atom is 0.231 e. The zero-order valence-electron chi connectivity index (χ0n) is 17.2. The van der Waals surface area contributed by atoms with Gasteiger partial charge in [-0.05, 0) is 68.3 Å². The maximum atomic E-state index is 13.6. The number of hydrogen-bond donors (Lipinski definition) is 2. The zero-order valence-corrected chi connectivity index (χ0v) is 17.2. The molecule has 0 unspecified atom stereocenters. The van der Waals surface area contributed by atoms with Crippen LogP contribution in [0.15, 0.2) is 47.8 Å². The zero-order chi connectivity index (χ0) is 20.8. The van der Waals surface area contributed by atoms with Crippen molar-refractivity contribution in [3.8, 4) is 17.2 Å². The predicted octanol–water partition coefficient (Wildman–Crippen LogP) is 4.07. The molecule has 0 aromatic heterocycles. The van der Waals surface area contributed by atoms with Crippen LogP contribution in [0.5, 0.6) is 17.2 Å². The lowest BCUT2D eigenvalue weighted by Crippen LogP contribution is -2.40. The van der Waals surface area contributed by atoms with E-state index in [-0.39, 0.29) is 19.2 Å². The number of rotatable bonds is 8. The lowest BCUT2D eigenvalue weighted by molar-refractivity contribution is 0.171. The van der Waals surface area contributed by atoms with Crippen molar-refractivity contribution in [2.24, 2.45) is 11.8 Å². The molecule has 2 aliphatic heterocycles. The number of aryl methyl sites for hydroxylation is 1. The summed E-state index contributed by atoms with van der Waals surface area (Å²) in [6, 6.07) is 3.92. The van der Waals surface area contributed by atoms with Gasteiger partial charge in [0, 0.05) is 25.1 Å². The minimum atomic E-state index is -0.195. The first-order valence-electron chi connectivity index (χ1n) is 10.8. The van der Waals surface area contributed by atoms with Crippen LogP contribution in [0, 0.1) is 11.8 Å². The van der Waals surface area contributed by atoms with Crippen LogP contribution in [0.2, 0.25) is 0 Å². The van der Waals surface area contributed by atoms with E-state index in [0.29, 0.717) is 24.2 Å². The molecule has 0 bridgehead atoms. The molecule has 2 atom stereocenters. The number of allylic oxidation sites excluding steroid dienone is 6. The smallest absolute Gasteiger partial charge is 0.231 e. The molecule has 0 spiro atoms. The van der Waals surface area contributed by atoms with Crippen molar-refractivity contribution in [3.05, 3.63) is 53.4 Å². The van der Waals surface area contributed by atoms with Gasteiger partial charge in [-0.15, -0.1) is 0 Å². The number of benzene rings is 1. The SMILES string of the molecule is OCCCCc1cc2c(cc1OC[C@@H]1CNCC[C@H]1C1=CC=C(F)C=CC1)OCO2. The van der Waals surface area contributed by atoms with Crippen LogP contribution in [0.4, 0.5) is 4.39 Å². The van der Waals surface area contributed by atoms with Gasteiger partial charge in [0.05, 0.1) is 6.61 Å². The Balaban J connectivity index is 1.47. The van der Waals surface area contributed by atoms with Crippen LogP contribution >= 0.6 is 0 Å². The fourth-order valence-electron chi connectivity index (χ4n) is 4.40. The highest BCUT2D eigenvalue weighted by Gasteiger charge is 2.29. The summed E-state index contributed by atoms with van der Waals surface area (Å²) in [4.78, 5) is 0. The molecular formula is C24H30FNO4. The average Bonchev–Trinajstić information content (AvgIpc) is 3.11. The lowest BCUT2D eigenvalue weighted by Gasteiger charge is -2.34. The van der Waals surface area contributed by atoms with E-state index >= 15 is 0 Å². The second kappa shape index (κ2) is 10.1. The molecule has 1 saturated heterocycles. The molecule has 0 amide bonds. The summed E-state index contributed by atoms with van der Waals surface area (Å²) in [5, 5.41) is 12.6. The third-order valence-corrected chi connectivity index (χ3v) is 6.03. The fourth-order valence-corrected chi connectivity index (χ4v) is 4.40. The number of nitrogens with one attached hydrogen (secondary N) is 1. The summed E-state index contributed by atoms with van der Waals surface area (Å²) in [6.07, 6.45) is 11.2. The highest BCUT2D eigenvalue weighted by Crippen LogP contribution is 2.39. The number of fused-ring (bicyclic) bond motifs is 1. The normalized spacial score (nSPS) is 23.0. The number of piperidine rings is 1. The number of hydrogen-bond acceptors (Lipinski definition) is 5. The first-order chi connectivity index (χ1) is 14.7. The first-order valence-corrected chi connectivity index (χ1v) is 10.8. The van der Waals surface area contributed by atoms with E-state index in [2.05, 4.69) is 5.32 Å². The molecule has 4 rings (SSSR count). The van der Waals surface area contributed by atoms with Gasteiger partial charge in [0.1, 0.15) is 11.6 Å². The van der Waals surface area contributed by atoms with Crippen molar-refractivity contribution >= 4 is 0 Å². The van der Waals surface area contributed by atoms with E-state index in [9.17, 15) is 4.39 Å². The summed E-state index contributed by atoms with van der Waals surface area (Å²) in [5.74, 6) is 2.77. The third kappa shape index (κ3) is 5.05. The Morgan fingerprint density at radius 3 is 2.90 bits per heavy atom. The summed E-state index contributed by atoms with van der Waals surface area (Å²) in [7, 11) is 0. The molecule has 0 saturated carbocycles. The number of aliphatic hydroxyl groups is 1. The molecular weight excluding hydrogens is 385 g/mol. The van der Waals surface area contributed by atoms with Crippen molar-refractivity contribution in [2.45, 2.75) is 32.1 Å². The summed E-state index contributed by atoms with van der Waals surface area (Å²) >= 11 is 0.